The predicted octanol–water partition coefficient (Wildman–Crippen LogP) is 3.74. The van der Waals surface area contributed by atoms with Gasteiger partial charge in [-0.3, -0.25) is 4.79 Å². The number of nitrogens with zero attached hydrogens (tertiary/aromatic N) is 2. The molecule has 2 heterocycles. The van der Waals surface area contributed by atoms with Gasteiger partial charge < -0.3 is 18.6 Å². The summed E-state index contributed by atoms with van der Waals surface area (Å²) in [4.78, 5) is 14.2. The summed E-state index contributed by atoms with van der Waals surface area (Å²) in [6.07, 6.45) is 1.59. The van der Waals surface area contributed by atoms with Gasteiger partial charge >= 0.3 is 0 Å². The lowest BCUT2D eigenvalue weighted by atomic mass is 10.2. The summed E-state index contributed by atoms with van der Waals surface area (Å²) in [6.45, 7) is 4.48. The summed E-state index contributed by atoms with van der Waals surface area (Å²) in [5.74, 6) is 2.00. The smallest absolute Gasteiger partial charge is 0.254 e. The van der Waals surface area contributed by atoms with Crippen molar-refractivity contribution in [2.75, 3.05) is 7.05 Å². The van der Waals surface area contributed by atoms with Crippen LogP contribution >= 0.6 is 0 Å². The summed E-state index contributed by atoms with van der Waals surface area (Å²) in [5.41, 5.74) is 2.29. The van der Waals surface area contributed by atoms with Crippen LogP contribution < -0.4 is 4.74 Å². The average Bonchev–Trinajstić information content (AvgIpc) is 3.23. The first-order valence-corrected chi connectivity index (χ1v) is 7.97. The normalized spacial score (nSPS) is 10.7. The number of hydrogen-bond donors (Lipinski definition) is 0. The Balaban J connectivity index is 1.67. The third-order valence-electron chi connectivity index (χ3n) is 3.97. The maximum absolute atomic E-state index is 12.6. The maximum atomic E-state index is 12.6. The molecule has 6 heteroatoms. The number of carbonyl (C=O) groups is 1. The molecule has 2 aromatic heterocycles. The first-order chi connectivity index (χ1) is 12.0. The van der Waals surface area contributed by atoms with Gasteiger partial charge in [0.05, 0.1) is 24.1 Å². The zero-order valence-corrected chi connectivity index (χ0v) is 14.5. The SMILES string of the molecule is Cc1noc(C)c1COc1cccc(C(=O)N(C)Cc2ccco2)c1. The number of ether oxygens (including phenoxy) is 1. The van der Waals surface area contributed by atoms with Crippen molar-refractivity contribution < 1.29 is 18.5 Å². The van der Waals surface area contributed by atoms with Gasteiger partial charge in [0, 0.05) is 12.6 Å². The number of aromatic nitrogens is 1. The van der Waals surface area contributed by atoms with Gasteiger partial charge in [0.25, 0.3) is 5.91 Å². The monoisotopic (exact) mass is 340 g/mol. The fraction of sp³-hybridized carbons (Fsp3) is 0.263. The molecular formula is C19H20N2O4. The van der Waals surface area contributed by atoms with E-state index in [0.29, 0.717) is 24.5 Å². The van der Waals surface area contributed by atoms with Gasteiger partial charge in [-0.25, -0.2) is 0 Å². The minimum absolute atomic E-state index is 0.0980. The highest BCUT2D eigenvalue weighted by Gasteiger charge is 2.15. The molecule has 0 N–H and O–H groups in total. The molecule has 0 spiro atoms. The number of carbonyl (C=O) groups excluding carboxylic acids is 1. The predicted molar refractivity (Wildman–Crippen MR) is 91.3 cm³/mol. The van der Waals surface area contributed by atoms with Crippen LogP contribution in [0.15, 0.2) is 51.6 Å². The van der Waals surface area contributed by atoms with Crippen LogP contribution in [0.4, 0.5) is 0 Å². The molecule has 25 heavy (non-hydrogen) atoms. The van der Waals surface area contributed by atoms with Gasteiger partial charge in [-0.05, 0) is 44.2 Å². The second-order valence-electron chi connectivity index (χ2n) is 5.86. The second kappa shape index (κ2) is 7.25. The van der Waals surface area contributed by atoms with Crippen molar-refractivity contribution in [1.29, 1.82) is 0 Å². The lowest BCUT2D eigenvalue weighted by Gasteiger charge is -2.16. The molecule has 0 saturated carbocycles. The summed E-state index contributed by atoms with van der Waals surface area (Å²) in [7, 11) is 1.74. The third-order valence-corrected chi connectivity index (χ3v) is 3.97. The summed E-state index contributed by atoms with van der Waals surface area (Å²) < 4.78 is 16.2. The van der Waals surface area contributed by atoms with Gasteiger partial charge in [-0.2, -0.15) is 0 Å². The molecular weight excluding hydrogens is 320 g/mol. The molecule has 1 aromatic carbocycles. The van der Waals surface area contributed by atoms with Crippen LogP contribution in [-0.4, -0.2) is 23.0 Å². The first kappa shape index (κ1) is 16.8. The van der Waals surface area contributed by atoms with Crippen LogP contribution in [0.2, 0.25) is 0 Å². The third kappa shape index (κ3) is 3.91. The van der Waals surface area contributed by atoms with Crippen LogP contribution in [-0.2, 0) is 13.2 Å². The molecule has 0 atom stereocenters. The van der Waals surface area contributed by atoms with E-state index in [1.807, 2.05) is 26.0 Å². The molecule has 0 aliphatic heterocycles. The average molecular weight is 340 g/mol. The minimum Gasteiger partial charge on any atom is -0.489 e. The Hall–Kier alpha value is -3.02. The Morgan fingerprint density at radius 2 is 2.08 bits per heavy atom. The molecule has 0 radical (unpaired) electrons. The zero-order valence-electron chi connectivity index (χ0n) is 14.5. The van der Waals surface area contributed by atoms with Crippen molar-refractivity contribution in [2.24, 2.45) is 0 Å². The highest BCUT2D eigenvalue weighted by atomic mass is 16.5. The van der Waals surface area contributed by atoms with E-state index in [2.05, 4.69) is 5.16 Å². The Bertz CT molecular complexity index is 833. The largest absolute Gasteiger partial charge is 0.489 e. The zero-order chi connectivity index (χ0) is 17.8. The number of aryl methyl sites for hydroxylation is 2. The first-order valence-electron chi connectivity index (χ1n) is 7.97. The van der Waals surface area contributed by atoms with Crippen molar-refractivity contribution in [1.82, 2.24) is 10.1 Å². The van der Waals surface area contributed by atoms with Crippen LogP contribution in [0.3, 0.4) is 0 Å². The molecule has 1 amide bonds. The van der Waals surface area contributed by atoms with Crippen molar-refractivity contribution in [3.05, 3.63) is 71.0 Å². The molecule has 0 bridgehead atoms. The van der Waals surface area contributed by atoms with E-state index in [0.717, 1.165) is 22.8 Å². The highest BCUT2D eigenvalue weighted by molar-refractivity contribution is 5.94. The second-order valence-corrected chi connectivity index (χ2v) is 5.86. The van der Waals surface area contributed by atoms with Crippen LogP contribution in [0, 0.1) is 13.8 Å². The Morgan fingerprint density at radius 3 is 2.76 bits per heavy atom. The van der Waals surface area contributed by atoms with Crippen LogP contribution in [0.1, 0.15) is 33.1 Å². The molecule has 0 unspecified atom stereocenters. The Morgan fingerprint density at radius 1 is 1.24 bits per heavy atom. The van der Waals surface area contributed by atoms with Crippen LogP contribution in [0.5, 0.6) is 5.75 Å². The van der Waals surface area contributed by atoms with Crippen molar-refractivity contribution in [2.45, 2.75) is 27.0 Å². The summed E-state index contributed by atoms with van der Waals surface area (Å²) in [5, 5.41) is 3.91. The lowest BCUT2D eigenvalue weighted by molar-refractivity contribution is 0.0775. The van der Waals surface area contributed by atoms with Crippen LogP contribution in [0.25, 0.3) is 0 Å². The minimum atomic E-state index is -0.0980. The number of rotatable bonds is 6. The number of amides is 1. The molecule has 0 aliphatic rings. The van der Waals surface area contributed by atoms with E-state index >= 15 is 0 Å². The Labute approximate surface area is 146 Å². The van der Waals surface area contributed by atoms with Gasteiger partial charge in [-0.1, -0.05) is 11.2 Å². The van der Waals surface area contributed by atoms with E-state index < -0.39 is 0 Å². The number of furan rings is 1. The molecule has 3 aromatic rings. The molecule has 0 aliphatic carbocycles. The van der Waals surface area contributed by atoms with E-state index in [-0.39, 0.29) is 5.91 Å². The van der Waals surface area contributed by atoms with Gasteiger partial charge in [0.1, 0.15) is 23.9 Å². The van der Waals surface area contributed by atoms with Gasteiger partial charge in [0.15, 0.2) is 0 Å². The molecule has 3 rings (SSSR count). The summed E-state index contributed by atoms with van der Waals surface area (Å²) >= 11 is 0. The molecule has 0 fully saturated rings. The van der Waals surface area contributed by atoms with E-state index in [9.17, 15) is 4.79 Å². The van der Waals surface area contributed by atoms with Crippen molar-refractivity contribution in [3.63, 3.8) is 0 Å². The van der Waals surface area contributed by atoms with Gasteiger partial charge in [0.2, 0.25) is 0 Å². The van der Waals surface area contributed by atoms with Crippen molar-refractivity contribution >= 4 is 5.91 Å². The van der Waals surface area contributed by atoms with E-state index in [1.54, 1.807) is 42.5 Å². The standard InChI is InChI=1S/C19H20N2O4/c1-13-18(14(2)25-20-13)12-24-16-7-4-6-15(10-16)19(22)21(3)11-17-8-5-9-23-17/h4-10H,11-12H2,1-3H3. The topological polar surface area (TPSA) is 68.7 Å². The van der Waals surface area contributed by atoms with E-state index in [1.165, 1.54) is 0 Å². The maximum Gasteiger partial charge on any atom is 0.254 e. The molecule has 6 nitrogen and oxygen atoms in total. The lowest BCUT2D eigenvalue weighted by Crippen LogP contribution is -2.25. The fourth-order valence-corrected chi connectivity index (χ4v) is 2.51. The van der Waals surface area contributed by atoms with E-state index in [4.69, 9.17) is 13.7 Å². The van der Waals surface area contributed by atoms with Gasteiger partial charge in [-0.15, -0.1) is 0 Å². The quantitative estimate of drug-likeness (QED) is 0.684. The Kier molecular flexibility index (Phi) is 4.88. The number of hydrogen-bond acceptors (Lipinski definition) is 5. The number of benzene rings is 1. The summed E-state index contributed by atoms with van der Waals surface area (Å²) in [6, 6.07) is 10.8. The fourth-order valence-electron chi connectivity index (χ4n) is 2.51. The highest BCUT2D eigenvalue weighted by Crippen LogP contribution is 2.19. The molecule has 130 valence electrons. The molecule has 0 saturated heterocycles. The van der Waals surface area contributed by atoms with Crippen molar-refractivity contribution in [3.8, 4) is 5.75 Å².